The quantitative estimate of drug-likeness (QED) is 0.229. The summed E-state index contributed by atoms with van der Waals surface area (Å²) in [7, 11) is 0. The van der Waals surface area contributed by atoms with Gasteiger partial charge in [-0.1, -0.05) is 62.7 Å². The summed E-state index contributed by atoms with van der Waals surface area (Å²) in [6.45, 7) is 10.0. The molecule has 0 aliphatic carbocycles. The van der Waals surface area contributed by atoms with E-state index in [0.29, 0.717) is 17.2 Å². The number of benzene rings is 2. The molecule has 1 fully saturated rings. The second-order valence-electron chi connectivity index (χ2n) is 11.7. The predicted molar refractivity (Wildman–Crippen MR) is 163 cm³/mol. The van der Waals surface area contributed by atoms with Crippen LogP contribution in [0.15, 0.2) is 79.0 Å². The number of pyridine rings is 1. The van der Waals surface area contributed by atoms with Crippen LogP contribution < -0.4 is 16.0 Å². The minimum absolute atomic E-state index is 0.0283. The van der Waals surface area contributed by atoms with Gasteiger partial charge in [-0.2, -0.15) is 5.10 Å². The molecular formula is C33H38N6O2. The summed E-state index contributed by atoms with van der Waals surface area (Å²) in [5, 5.41) is 14.3. The number of ketones is 1. The third kappa shape index (κ3) is 6.55. The highest BCUT2D eigenvalue weighted by molar-refractivity contribution is 6.03. The van der Waals surface area contributed by atoms with E-state index in [1.807, 2.05) is 73.7 Å². The van der Waals surface area contributed by atoms with Crippen molar-refractivity contribution >= 4 is 23.3 Å². The van der Waals surface area contributed by atoms with Crippen LogP contribution in [0.5, 0.6) is 0 Å². The number of para-hydroxylation sites is 1. The number of nitrogens with one attached hydrogen (secondary N) is 3. The fourth-order valence-corrected chi connectivity index (χ4v) is 5.33. The molecule has 3 heterocycles. The molecule has 0 spiro atoms. The minimum atomic E-state index is -0.422. The lowest BCUT2D eigenvalue weighted by Crippen LogP contribution is -2.34. The molecular weight excluding hydrogens is 512 g/mol. The summed E-state index contributed by atoms with van der Waals surface area (Å²) in [6, 6.07) is 22.5. The number of anilines is 2. The van der Waals surface area contributed by atoms with Crippen molar-refractivity contribution in [2.75, 3.05) is 23.7 Å². The van der Waals surface area contributed by atoms with Gasteiger partial charge >= 0.3 is 6.03 Å². The number of piperidine rings is 1. The normalized spacial score (nSPS) is 14.8. The topological polar surface area (TPSA) is 101 Å². The highest BCUT2D eigenvalue weighted by Gasteiger charge is 2.34. The SMILES string of the molecule is Cc1ccc(-n2nc(C(C)(C)C)cc2NC(=O)Nc2ccccc2C(C(=O)c2ccccn2)C2CCNCC2)cc1. The Kier molecular flexibility index (Phi) is 8.31. The van der Waals surface area contributed by atoms with Crippen LogP contribution in [0.2, 0.25) is 0 Å². The number of rotatable bonds is 7. The minimum Gasteiger partial charge on any atom is -0.317 e. The number of nitrogens with zero attached hydrogens (tertiary/aromatic N) is 3. The van der Waals surface area contributed by atoms with Gasteiger partial charge in [0.25, 0.3) is 0 Å². The lowest BCUT2D eigenvalue weighted by Gasteiger charge is -2.31. The molecule has 4 aromatic rings. The van der Waals surface area contributed by atoms with Crippen molar-refractivity contribution in [1.82, 2.24) is 20.1 Å². The maximum atomic E-state index is 13.9. The van der Waals surface area contributed by atoms with Gasteiger partial charge in [0.1, 0.15) is 11.5 Å². The highest BCUT2D eigenvalue weighted by Crippen LogP contribution is 2.37. The lowest BCUT2D eigenvalue weighted by atomic mass is 9.76. The van der Waals surface area contributed by atoms with Gasteiger partial charge in [0, 0.05) is 23.4 Å². The number of aromatic nitrogens is 3. The zero-order valence-corrected chi connectivity index (χ0v) is 24.1. The van der Waals surface area contributed by atoms with Crippen LogP contribution in [-0.4, -0.2) is 39.7 Å². The van der Waals surface area contributed by atoms with Crippen LogP contribution in [0.4, 0.5) is 16.3 Å². The van der Waals surface area contributed by atoms with E-state index in [0.717, 1.165) is 48.4 Å². The van der Waals surface area contributed by atoms with Crippen molar-refractivity contribution in [2.24, 2.45) is 5.92 Å². The smallest absolute Gasteiger partial charge is 0.317 e. The summed E-state index contributed by atoms with van der Waals surface area (Å²) in [6.07, 6.45) is 3.39. The summed E-state index contributed by atoms with van der Waals surface area (Å²) in [5.41, 5.74) is 4.50. The lowest BCUT2D eigenvalue weighted by molar-refractivity contribution is 0.0911. The maximum absolute atomic E-state index is 13.9. The number of carbonyl (C=O) groups excluding carboxylic acids is 2. The maximum Gasteiger partial charge on any atom is 0.324 e. The Labute approximate surface area is 241 Å². The molecule has 1 aliphatic heterocycles. The second-order valence-corrected chi connectivity index (χ2v) is 11.7. The molecule has 8 nitrogen and oxygen atoms in total. The first-order valence-electron chi connectivity index (χ1n) is 14.2. The largest absolute Gasteiger partial charge is 0.324 e. The van der Waals surface area contributed by atoms with Crippen LogP contribution in [0.3, 0.4) is 0 Å². The Morgan fingerprint density at radius 3 is 2.34 bits per heavy atom. The number of hydrogen-bond acceptors (Lipinski definition) is 5. The zero-order valence-electron chi connectivity index (χ0n) is 24.1. The van der Waals surface area contributed by atoms with Gasteiger partial charge < -0.3 is 10.6 Å². The molecule has 1 unspecified atom stereocenters. The molecule has 0 radical (unpaired) electrons. The van der Waals surface area contributed by atoms with Crippen LogP contribution in [0.25, 0.3) is 5.69 Å². The van der Waals surface area contributed by atoms with Gasteiger partial charge in [0.05, 0.1) is 17.3 Å². The van der Waals surface area contributed by atoms with Crippen molar-refractivity contribution in [1.29, 1.82) is 0 Å². The molecule has 1 saturated heterocycles. The summed E-state index contributed by atoms with van der Waals surface area (Å²) in [4.78, 5) is 31.7. The van der Waals surface area contributed by atoms with Crippen molar-refractivity contribution in [2.45, 2.75) is 51.9 Å². The van der Waals surface area contributed by atoms with Gasteiger partial charge in [0.15, 0.2) is 5.78 Å². The van der Waals surface area contributed by atoms with Crippen LogP contribution in [0.1, 0.15) is 66.8 Å². The number of Topliss-reactive ketones (excluding diaryl/α,β-unsaturated/α-hetero) is 1. The van der Waals surface area contributed by atoms with E-state index in [9.17, 15) is 9.59 Å². The van der Waals surface area contributed by atoms with E-state index in [1.54, 1.807) is 16.9 Å². The van der Waals surface area contributed by atoms with E-state index < -0.39 is 11.9 Å². The Morgan fingerprint density at radius 1 is 0.951 bits per heavy atom. The van der Waals surface area contributed by atoms with E-state index in [1.165, 1.54) is 0 Å². The van der Waals surface area contributed by atoms with Crippen molar-refractivity contribution in [3.8, 4) is 5.69 Å². The van der Waals surface area contributed by atoms with Gasteiger partial charge in [-0.15, -0.1) is 0 Å². The Hall–Kier alpha value is -4.30. The fourth-order valence-electron chi connectivity index (χ4n) is 5.33. The first-order valence-corrected chi connectivity index (χ1v) is 14.2. The van der Waals surface area contributed by atoms with E-state index in [4.69, 9.17) is 5.10 Å². The molecule has 2 aromatic carbocycles. The summed E-state index contributed by atoms with van der Waals surface area (Å²) in [5.74, 6) is 0.246. The molecule has 2 amide bonds. The molecule has 41 heavy (non-hydrogen) atoms. The van der Waals surface area contributed by atoms with Crippen LogP contribution in [0, 0.1) is 12.8 Å². The summed E-state index contributed by atoms with van der Waals surface area (Å²) >= 11 is 0. The molecule has 3 N–H and O–H groups in total. The molecule has 5 rings (SSSR count). The number of amides is 2. The van der Waals surface area contributed by atoms with Crippen LogP contribution in [-0.2, 0) is 5.41 Å². The number of hydrogen-bond donors (Lipinski definition) is 3. The standard InChI is InChI=1S/C33H38N6O2/c1-22-12-14-24(15-13-22)39-29(21-28(38-39)33(2,3)4)37-32(41)36-26-10-6-5-9-25(26)30(23-16-19-34-20-17-23)31(40)27-11-7-8-18-35-27/h5-15,18,21,23,30,34H,16-17,19-20H2,1-4H3,(H2,36,37,41). The molecule has 1 atom stereocenters. The monoisotopic (exact) mass is 550 g/mol. The average Bonchev–Trinajstić information content (AvgIpc) is 3.40. The molecule has 8 heteroatoms. The Balaban J connectivity index is 1.45. The van der Waals surface area contributed by atoms with Gasteiger partial charge in [0.2, 0.25) is 0 Å². The van der Waals surface area contributed by atoms with Gasteiger partial charge in [-0.3, -0.25) is 15.1 Å². The Morgan fingerprint density at radius 2 is 1.66 bits per heavy atom. The molecule has 0 saturated carbocycles. The van der Waals surface area contributed by atoms with E-state index in [2.05, 4.69) is 41.7 Å². The first-order chi connectivity index (χ1) is 19.7. The predicted octanol–water partition coefficient (Wildman–Crippen LogP) is 6.48. The third-order valence-corrected chi connectivity index (χ3v) is 7.60. The molecule has 2 aromatic heterocycles. The van der Waals surface area contributed by atoms with Crippen molar-refractivity contribution in [3.05, 3.63) is 102 Å². The van der Waals surface area contributed by atoms with Gasteiger partial charge in [-0.25, -0.2) is 9.48 Å². The van der Waals surface area contributed by atoms with E-state index >= 15 is 0 Å². The first kappa shape index (κ1) is 28.2. The third-order valence-electron chi connectivity index (χ3n) is 7.60. The summed E-state index contributed by atoms with van der Waals surface area (Å²) < 4.78 is 1.76. The second kappa shape index (κ2) is 12.1. The molecule has 212 valence electrons. The fraction of sp³-hybridized carbons (Fsp3) is 0.333. The van der Waals surface area contributed by atoms with Crippen LogP contribution >= 0.6 is 0 Å². The average molecular weight is 551 g/mol. The van der Waals surface area contributed by atoms with Crippen molar-refractivity contribution in [3.63, 3.8) is 0 Å². The number of carbonyl (C=O) groups is 2. The number of aryl methyl sites for hydroxylation is 1. The van der Waals surface area contributed by atoms with Gasteiger partial charge in [-0.05, 0) is 74.7 Å². The van der Waals surface area contributed by atoms with Crippen molar-refractivity contribution < 1.29 is 9.59 Å². The number of urea groups is 1. The zero-order chi connectivity index (χ0) is 29.0. The highest BCUT2D eigenvalue weighted by atomic mass is 16.2. The molecule has 0 bridgehead atoms. The molecule has 1 aliphatic rings. The van der Waals surface area contributed by atoms with E-state index in [-0.39, 0.29) is 17.1 Å². The Bertz CT molecular complexity index is 1500.